The molecule has 1 aliphatic rings. The second kappa shape index (κ2) is 7.18. The summed E-state index contributed by atoms with van der Waals surface area (Å²) in [4.78, 5) is 11.7. The van der Waals surface area contributed by atoms with Crippen LogP contribution in [0.15, 0.2) is 30.3 Å². The molecule has 0 saturated carbocycles. The Morgan fingerprint density at radius 1 is 1.00 bits per heavy atom. The van der Waals surface area contributed by atoms with Gasteiger partial charge in [-0.15, -0.1) is 0 Å². The Labute approximate surface area is 136 Å². The maximum Gasteiger partial charge on any atom is 0.341 e. The number of carbonyl (C=O) groups excluding carboxylic acids is 1. The van der Waals surface area contributed by atoms with Crippen molar-refractivity contribution in [2.75, 3.05) is 14.2 Å². The van der Waals surface area contributed by atoms with Crippen LogP contribution < -0.4 is 4.74 Å². The Hall–Kier alpha value is -2.49. The smallest absolute Gasteiger partial charge is 0.341 e. The summed E-state index contributed by atoms with van der Waals surface area (Å²) in [5.41, 5.74) is 4.46. The molecule has 4 heteroatoms. The van der Waals surface area contributed by atoms with Crippen LogP contribution in [0.1, 0.15) is 35.3 Å². The number of hydrogen-bond acceptors (Lipinski definition) is 4. The highest BCUT2D eigenvalue weighted by Gasteiger charge is 2.21. The Bertz CT molecular complexity index is 720. The predicted molar refractivity (Wildman–Crippen MR) is 90.2 cm³/mol. The molecule has 0 radical (unpaired) electrons. The fourth-order valence-electron chi connectivity index (χ4n) is 2.80. The lowest BCUT2D eigenvalue weighted by Crippen LogP contribution is -2.08. The molecule has 0 atom stereocenters. The van der Waals surface area contributed by atoms with Gasteiger partial charge in [0.05, 0.1) is 14.2 Å². The summed E-state index contributed by atoms with van der Waals surface area (Å²) in [7, 11) is 2.95. The molecule has 0 aliphatic heterocycles. The molecular weight excluding hydrogens is 292 g/mol. The van der Waals surface area contributed by atoms with Crippen molar-refractivity contribution in [2.24, 2.45) is 0 Å². The molecule has 0 aromatic heterocycles. The summed E-state index contributed by atoms with van der Waals surface area (Å²) in [6.45, 7) is 4.00. The molecule has 0 fully saturated rings. The lowest BCUT2D eigenvalue weighted by molar-refractivity contribution is 0.0597. The maximum atomic E-state index is 11.7. The summed E-state index contributed by atoms with van der Waals surface area (Å²) in [6, 6.07) is 9.28. The van der Waals surface area contributed by atoms with Gasteiger partial charge in [-0.2, -0.15) is 0 Å². The minimum atomic E-state index is -0.532. The number of aryl methyl sites for hydroxylation is 2. The van der Waals surface area contributed by atoms with Gasteiger partial charge in [-0.1, -0.05) is 19.9 Å². The third-order valence-electron chi connectivity index (χ3n) is 3.89. The highest BCUT2D eigenvalue weighted by Crippen LogP contribution is 2.38. The van der Waals surface area contributed by atoms with E-state index in [1.165, 1.54) is 12.7 Å². The molecule has 0 amide bonds. The van der Waals surface area contributed by atoms with Crippen LogP contribution in [0.3, 0.4) is 0 Å². The van der Waals surface area contributed by atoms with E-state index in [1.54, 1.807) is 19.2 Å². The number of aromatic hydroxyl groups is 1. The van der Waals surface area contributed by atoms with Crippen molar-refractivity contribution in [3.05, 3.63) is 47.0 Å². The lowest BCUT2D eigenvalue weighted by Gasteiger charge is -2.21. The predicted octanol–water partition coefficient (Wildman–Crippen LogP) is 3.98. The molecule has 0 spiro atoms. The third kappa shape index (κ3) is 3.16. The first-order chi connectivity index (χ1) is 11.1. The van der Waals surface area contributed by atoms with Gasteiger partial charge in [0.25, 0.3) is 0 Å². The van der Waals surface area contributed by atoms with Crippen LogP contribution in [0.4, 0.5) is 0 Å². The first kappa shape index (κ1) is 16.9. The summed E-state index contributed by atoms with van der Waals surface area (Å²) in [5.74, 6) is 0.262. The number of carbonyl (C=O) groups is 1. The Morgan fingerprint density at radius 3 is 2.26 bits per heavy atom. The molecule has 0 heterocycles. The highest BCUT2D eigenvalue weighted by atomic mass is 16.5. The van der Waals surface area contributed by atoms with E-state index >= 15 is 0 Å². The summed E-state index contributed by atoms with van der Waals surface area (Å²) < 4.78 is 9.97. The van der Waals surface area contributed by atoms with Gasteiger partial charge in [0.1, 0.15) is 17.1 Å². The van der Waals surface area contributed by atoms with E-state index in [-0.39, 0.29) is 11.3 Å². The van der Waals surface area contributed by atoms with Crippen molar-refractivity contribution in [1.29, 1.82) is 0 Å². The third-order valence-corrected chi connectivity index (χ3v) is 3.89. The number of hydrogen-bond donors (Lipinski definition) is 1. The van der Waals surface area contributed by atoms with Gasteiger partial charge in [-0.25, -0.2) is 4.79 Å². The molecule has 1 aliphatic carbocycles. The zero-order chi connectivity index (χ0) is 17.0. The standard InChI is InChI=1S/C17H16O4.C2H6/c1-20-12-5-6-13-10(7-12)3-4-11-8-16(18)15(9-14(11)13)17(19)21-2;1-2/h5-9,18H,3-4H2,1-2H3;1-2H3. The van der Waals surface area contributed by atoms with Crippen LogP contribution in [-0.2, 0) is 17.6 Å². The van der Waals surface area contributed by atoms with Crippen molar-refractivity contribution in [3.63, 3.8) is 0 Å². The first-order valence-corrected chi connectivity index (χ1v) is 7.75. The molecule has 122 valence electrons. The van der Waals surface area contributed by atoms with Crippen LogP contribution >= 0.6 is 0 Å². The first-order valence-electron chi connectivity index (χ1n) is 7.75. The van der Waals surface area contributed by atoms with E-state index in [0.717, 1.165) is 35.3 Å². The molecule has 23 heavy (non-hydrogen) atoms. The number of phenols is 1. The van der Waals surface area contributed by atoms with Gasteiger partial charge in [0.2, 0.25) is 0 Å². The van der Waals surface area contributed by atoms with Gasteiger partial charge in [0, 0.05) is 0 Å². The SMILES string of the molecule is CC.COC(=O)c1cc2c(cc1O)CCc1cc(OC)ccc1-2. The second-order valence-corrected chi connectivity index (χ2v) is 5.04. The van der Waals surface area contributed by atoms with Gasteiger partial charge in [0.15, 0.2) is 0 Å². The number of methoxy groups -OCH3 is 2. The van der Waals surface area contributed by atoms with Crippen LogP contribution in [0, 0.1) is 0 Å². The molecule has 1 N–H and O–H groups in total. The molecule has 3 rings (SSSR count). The fourth-order valence-corrected chi connectivity index (χ4v) is 2.80. The molecule has 0 bridgehead atoms. The normalized spacial score (nSPS) is 11.5. The molecule has 0 saturated heterocycles. The van der Waals surface area contributed by atoms with E-state index in [2.05, 4.69) is 0 Å². The van der Waals surface area contributed by atoms with Gasteiger partial charge < -0.3 is 14.6 Å². The zero-order valence-electron chi connectivity index (χ0n) is 14.0. The number of ether oxygens (including phenoxy) is 2. The van der Waals surface area contributed by atoms with Crippen molar-refractivity contribution in [1.82, 2.24) is 0 Å². The average molecular weight is 314 g/mol. The number of esters is 1. The van der Waals surface area contributed by atoms with Gasteiger partial charge in [-0.3, -0.25) is 0 Å². The molecular formula is C19H22O4. The molecule has 2 aromatic rings. The number of fused-ring (bicyclic) bond motifs is 3. The lowest BCUT2D eigenvalue weighted by atomic mass is 9.84. The minimum absolute atomic E-state index is 0.0300. The topological polar surface area (TPSA) is 55.8 Å². The van der Waals surface area contributed by atoms with Crippen LogP contribution in [0.2, 0.25) is 0 Å². The summed E-state index contributed by atoms with van der Waals surface area (Å²) in [6.07, 6.45) is 1.71. The maximum absolute atomic E-state index is 11.7. The van der Waals surface area contributed by atoms with E-state index in [9.17, 15) is 9.90 Å². The Balaban J connectivity index is 0.000000924. The van der Waals surface area contributed by atoms with Gasteiger partial charge in [-0.05, 0) is 59.4 Å². The van der Waals surface area contributed by atoms with Gasteiger partial charge >= 0.3 is 5.97 Å². The molecule has 4 nitrogen and oxygen atoms in total. The van der Waals surface area contributed by atoms with E-state index in [1.807, 2.05) is 32.0 Å². The van der Waals surface area contributed by atoms with E-state index < -0.39 is 5.97 Å². The monoisotopic (exact) mass is 314 g/mol. The number of benzene rings is 2. The quantitative estimate of drug-likeness (QED) is 0.852. The van der Waals surface area contributed by atoms with Crippen molar-refractivity contribution < 1.29 is 19.4 Å². The average Bonchev–Trinajstić information content (AvgIpc) is 2.61. The number of phenolic OH excluding ortho intramolecular Hbond substituents is 1. The fraction of sp³-hybridized carbons (Fsp3) is 0.316. The van der Waals surface area contributed by atoms with Crippen LogP contribution in [0.5, 0.6) is 11.5 Å². The Kier molecular flexibility index (Phi) is 5.27. The molecule has 2 aromatic carbocycles. The minimum Gasteiger partial charge on any atom is -0.507 e. The molecule has 0 unspecified atom stereocenters. The summed E-state index contributed by atoms with van der Waals surface area (Å²) in [5, 5.41) is 9.98. The van der Waals surface area contributed by atoms with Crippen molar-refractivity contribution in [2.45, 2.75) is 26.7 Å². The highest BCUT2D eigenvalue weighted by molar-refractivity contribution is 5.95. The Morgan fingerprint density at radius 2 is 1.65 bits per heavy atom. The van der Waals surface area contributed by atoms with Crippen molar-refractivity contribution in [3.8, 4) is 22.6 Å². The van der Waals surface area contributed by atoms with Crippen LogP contribution in [-0.4, -0.2) is 25.3 Å². The van der Waals surface area contributed by atoms with E-state index in [0.29, 0.717) is 0 Å². The van der Waals surface area contributed by atoms with E-state index in [4.69, 9.17) is 9.47 Å². The van der Waals surface area contributed by atoms with Crippen molar-refractivity contribution >= 4 is 5.97 Å². The zero-order valence-corrected chi connectivity index (χ0v) is 14.0. The second-order valence-electron chi connectivity index (χ2n) is 5.04. The van der Waals surface area contributed by atoms with Crippen LogP contribution in [0.25, 0.3) is 11.1 Å². The largest absolute Gasteiger partial charge is 0.507 e. The number of rotatable bonds is 2. The summed E-state index contributed by atoms with van der Waals surface area (Å²) >= 11 is 0.